The molecule has 0 aromatic rings. The minimum absolute atomic E-state index is 0.0203. The molecule has 54 valence electrons. The molecule has 0 fully saturated rings. The molecule has 0 atom stereocenters. The largest absolute Gasteiger partial charge is 0.211 e. The fourth-order valence-corrected chi connectivity index (χ4v) is 0.977. The summed E-state index contributed by atoms with van der Waals surface area (Å²) in [5.41, 5.74) is 1.87. The Hall–Kier alpha value is -0.850. The van der Waals surface area contributed by atoms with Crippen LogP contribution in [0.2, 0.25) is 0 Å². The maximum Gasteiger partial charge on any atom is 0.107 e. The summed E-state index contributed by atoms with van der Waals surface area (Å²) in [5.74, 6) is -0.0203. The zero-order valence-corrected chi connectivity index (χ0v) is 6.32. The van der Waals surface area contributed by atoms with Crippen molar-refractivity contribution in [3.05, 3.63) is 35.2 Å². The molecular formula is C9H11F. The van der Waals surface area contributed by atoms with Gasteiger partial charge in [0.25, 0.3) is 0 Å². The van der Waals surface area contributed by atoms with Crippen molar-refractivity contribution in [1.29, 1.82) is 0 Å². The summed E-state index contributed by atoms with van der Waals surface area (Å²) in [5, 5.41) is 0. The molecular weight excluding hydrogens is 127 g/mol. The van der Waals surface area contributed by atoms with Gasteiger partial charge >= 0.3 is 0 Å². The van der Waals surface area contributed by atoms with Crippen molar-refractivity contribution in [2.45, 2.75) is 20.3 Å². The molecule has 0 amide bonds. The molecule has 1 rings (SSSR count). The van der Waals surface area contributed by atoms with Gasteiger partial charge in [-0.3, -0.25) is 0 Å². The zero-order valence-electron chi connectivity index (χ0n) is 6.32. The van der Waals surface area contributed by atoms with E-state index in [9.17, 15) is 4.39 Å². The van der Waals surface area contributed by atoms with Crippen molar-refractivity contribution in [1.82, 2.24) is 0 Å². The van der Waals surface area contributed by atoms with Crippen LogP contribution in [0.1, 0.15) is 20.3 Å². The Kier molecular flexibility index (Phi) is 2.05. The van der Waals surface area contributed by atoms with Crippen LogP contribution >= 0.6 is 0 Å². The van der Waals surface area contributed by atoms with Gasteiger partial charge in [-0.15, -0.1) is 0 Å². The van der Waals surface area contributed by atoms with Gasteiger partial charge in [0, 0.05) is 6.42 Å². The summed E-state index contributed by atoms with van der Waals surface area (Å²) in [4.78, 5) is 0. The van der Waals surface area contributed by atoms with E-state index in [0.29, 0.717) is 6.42 Å². The number of hydrogen-bond acceptors (Lipinski definition) is 0. The van der Waals surface area contributed by atoms with Gasteiger partial charge in [-0.25, -0.2) is 4.39 Å². The lowest BCUT2D eigenvalue weighted by Gasteiger charge is -1.92. The van der Waals surface area contributed by atoms with Crippen LogP contribution in [0.5, 0.6) is 0 Å². The maximum atomic E-state index is 12.8. The topological polar surface area (TPSA) is 0 Å². The Morgan fingerprint density at radius 1 is 1.40 bits per heavy atom. The first-order valence-corrected chi connectivity index (χ1v) is 3.40. The average molecular weight is 138 g/mol. The van der Waals surface area contributed by atoms with Gasteiger partial charge < -0.3 is 0 Å². The van der Waals surface area contributed by atoms with Gasteiger partial charge in [0.1, 0.15) is 5.83 Å². The molecule has 0 aliphatic heterocycles. The molecule has 0 aromatic carbocycles. The van der Waals surface area contributed by atoms with Crippen LogP contribution < -0.4 is 0 Å². The predicted octanol–water partition coefficient (Wildman–Crippen LogP) is 3.14. The van der Waals surface area contributed by atoms with Crippen molar-refractivity contribution in [3.8, 4) is 0 Å². The number of hydrogen-bond donors (Lipinski definition) is 0. The van der Waals surface area contributed by atoms with E-state index < -0.39 is 0 Å². The van der Waals surface area contributed by atoms with Crippen molar-refractivity contribution in [2.75, 3.05) is 0 Å². The van der Waals surface area contributed by atoms with Gasteiger partial charge in [-0.2, -0.15) is 0 Å². The molecule has 1 heteroatoms. The molecule has 0 N–H and O–H groups in total. The lowest BCUT2D eigenvalue weighted by molar-refractivity contribution is 0.609. The Labute approximate surface area is 60.7 Å². The molecule has 0 unspecified atom stereocenters. The third kappa shape index (κ3) is 1.56. The maximum absolute atomic E-state index is 12.8. The molecule has 1 aliphatic rings. The number of rotatable bonds is 0. The lowest BCUT2D eigenvalue weighted by Crippen LogP contribution is -1.74. The highest BCUT2D eigenvalue weighted by molar-refractivity contribution is 5.33. The van der Waals surface area contributed by atoms with Gasteiger partial charge in [0.2, 0.25) is 0 Å². The lowest BCUT2D eigenvalue weighted by atomic mass is 10.2. The van der Waals surface area contributed by atoms with E-state index in [1.54, 1.807) is 6.92 Å². The van der Waals surface area contributed by atoms with Crippen molar-refractivity contribution < 1.29 is 4.39 Å². The minimum atomic E-state index is -0.0203. The van der Waals surface area contributed by atoms with Crippen LogP contribution in [-0.4, -0.2) is 0 Å². The third-order valence-corrected chi connectivity index (χ3v) is 1.55. The van der Waals surface area contributed by atoms with Crippen LogP contribution in [0.15, 0.2) is 35.2 Å². The SMILES string of the molecule is CC1=CC(C)=C(F)CC=C1. The molecule has 0 bridgehead atoms. The van der Waals surface area contributed by atoms with Crippen LogP contribution in [-0.2, 0) is 0 Å². The highest BCUT2D eigenvalue weighted by atomic mass is 19.1. The fourth-order valence-electron chi connectivity index (χ4n) is 0.977. The third-order valence-electron chi connectivity index (χ3n) is 1.55. The van der Waals surface area contributed by atoms with E-state index in [2.05, 4.69) is 0 Å². The standard InChI is InChI=1S/C9H11F/c1-7-4-3-5-9(10)8(2)6-7/h3-4,6H,5H2,1-2H3. The van der Waals surface area contributed by atoms with Gasteiger partial charge in [0.05, 0.1) is 0 Å². The summed E-state index contributed by atoms with van der Waals surface area (Å²) >= 11 is 0. The van der Waals surface area contributed by atoms with Crippen molar-refractivity contribution in [3.63, 3.8) is 0 Å². The summed E-state index contributed by atoms with van der Waals surface area (Å²) in [6, 6.07) is 0. The minimum Gasteiger partial charge on any atom is -0.211 e. The summed E-state index contributed by atoms with van der Waals surface area (Å²) < 4.78 is 12.8. The Morgan fingerprint density at radius 3 is 2.80 bits per heavy atom. The zero-order chi connectivity index (χ0) is 7.56. The smallest absolute Gasteiger partial charge is 0.107 e. The monoisotopic (exact) mass is 138 g/mol. The van der Waals surface area contributed by atoms with E-state index in [1.165, 1.54) is 0 Å². The molecule has 0 saturated heterocycles. The molecule has 0 nitrogen and oxygen atoms in total. The summed E-state index contributed by atoms with van der Waals surface area (Å²) in [6.07, 6.45) is 6.09. The van der Waals surface area contributed by atoms with Crippen molar-refractivity contribution >= 4 is 0 Å². The second-order valence-electron chi connectivity index (χ2n) is 2.58. The molecule has 10 heavy (non-hydrogen) atoms. The quantitative estimate of drug-likeness (QED) is 0.482. The Morgan fingerprint density at radius 2 is 2.10 bits per heavy atom. The predicted molar refractivity (Wildman–Crippen MR) is 41.3 cm³/mol. The normalized spacial score (nSPS) is 18.9. The summed E-state index contributed by atoms with van der Waals surface area (Å²) in [6.45, 7) is 3.77. The first kappa shape index (κ1) is 7.26. The average Bonchev–Trinajstić information content (AvgIpc) is 1.96. The number of allylic oxidation sites excluding steroid dienone is 6. The molecule has 0 heterocycles. The molecule has 0 saturated carbocycles. The molecule has 0 radical (unpaired) electrons. The fraction of sp³-hybridized carbons (Fsp3) is 0.333. The van der Waals surface area contributed by atoms with Gasteiger partial charge in [-0.1, -0.05) is 23.8 Å². The van der Waals surface area contributed by atoms with Crippen LogP contribution in [0.4, 0.5) is 4.39 Å². The van der Waals surface area contributed by atoms with Crippen LogP contribution in [0.25, 0.3) is 0 Å². The highest BCUT2D eigenvalue weighted by Crippen LogP contribution is 2.17. The number of halogens is 1. The summed E-state index contributed by atoms with van der Waals surface area (Å²) in [7, 11) is 0. The van der Waals surface area contributed by atoms with E-state index in [1.807, 2.05) is 25.2 Å². The van der Waals surface area contributed by atoms with Crippen LogP contribution in [0.3, 0.4) is 0 Å². The molecule has 0 aromatic heterocycles. The van der Waals surface area contributed by atoms with Gasteiger partial charge in [0.15, 0.2) is 0 Å². The Bertz CT molecular complexity index is 219. The van der Waals surface area contributed by atoms with Gasteiger partial charge in [-0.05, 0) is 19.4 Å². The Balaban J connectivity index is 2.96. The van der Waals surface area contributed by atoms with Crippen molar-refractivity contribution in [2.24, 2.45) is 0 Å². The highest BCUT2D eigenvalue weighted by Gasteiger charge is 1.99. The van der Waals surface area contributed by atoms with E-state index in [4.69, 9.17) is 0 Å². The van der Waals surface area contributed by atoms with E-state index >= 15 is 0 Å². The second-order valence-corrected chi connectivity index (χ2v) is 2.58. The molecule has 1 aliphatic carbocycles. The van der Waals surface area contributed by atoms with E-state index in [-0.39, 0.29) is 5.83 Å². The first-order valence-electron chi connectivity index (χ1n) is 3.40. The second kappa shape index (κ2) is 2.82. The first-order chi connectivity index (χ1) is 4.70. The van der Waals surface area contributed by atoms with Crippen LogP contribution in [0, 0.1) is 0 Å². The molecule has 0 spiro atoms. The van der Waals surface area contributed by atoms with E-state index in [0.717, 1.165) is 11.1 Å².